The average Bonchev–Trinajstić information content (AvgIpc) is 2.79. The quantitative estimate of drug-likeness (QED) is 0.426. The van der Waals surface area contributed by atoms with Gasteiger partial charge in [0.1, 0.15) is 5.82 Å². The van der Waals surface area contributed by atoms with Gasteiger partial charge >= 0.3 is 0 Å². The molecule has 0 spiro atoms. The largest absolute Gasteiger partial charge is 0.493 e. The van der Waals surface area contributed by atoms with Crippen molar-refractivity contribution in [2.45, 2.75) is 6.54 Å². The van der Waals surface area contributed by atoms with Crippen LogP contribution < -0.4 is 19.1 Å². The molecule has 0 aromatic heterocycles. The van der Waals surface area contributed by atoms with E-state index in [-0.39, 0.29) is 40.0 Å². The van der Waals surface area contributed by atoms with Crippen LogP contribution in [-0.2, 0) is 16.6 Å². The van der Waals surface area contributed by atoms with Crippen molar-refractivity contribution >= 4 is 50.5 Å². The summed E-state index contributed by atoms with van der Waals surface area (Å²) >= 11 is 11.8. The second-order valence-electron chi connectivity index (χ2n) is 7.20. The molecule has 0 saturated heterocycles. The smallest absolute Gasteiger partial charge is 0.257 e. The Hall–Kier alpha value is -3.01. The summed E-state index contributed by atoms with van der Waals surface area (Å²) in [6.45, 7) is -0.0753. The first-order valence-corrected chi connectivity index (χ1v) is 12.4. The molecule has 1 N–H and O–H groups in total. The number of amides is 1. The van der Waals surface area contributed by atoms with E-state index >= 15 is 0 Å². The Balaban J connectivity index is 2.13. The maximum atomic E-state index is 13.5. The zero-order valence-corrected chi connectivity index (χ0v) is 20.8. The number of hydrogen-bond acceptors (Lipinski definition) is 5. The van der Waals surface area contributed by atoms with Gasteiger partial charge < -0.3 is 14.8 Å². The lowest BCUT2D eigenvalue weighted by Crippen LogP contribution is -2.31. The van der Waals surface area contributed by atoms with Crippen LogP contribution in [0.3, 0.4) is 0 Å². The monoisotopic (exact) mass is 526 g/mol. The molecule has 3 aromatic carbocycles. The van der Waals surface area contributed by atoms with E-state index < -0.39 is 21.7 Å². The van der Waals surface area contributed by atoms with Crippen LogP contribution in [0.25, 0.3) is 0 Å². The summed E-state index contributed by atoms with van der Waals surface area (Å²) in [4.78, 5) is 13.2. The predicted octanol–water partition coefficient (Wildman–Crippen LogP) is 5.37. The molecular formula is C23H21Cl2FN2O5S. The zero-order chi connectivity index (χ0) is 25.0. The number of benzene rings is 3. The van der Waals surface area contributed by atoms with Crippen LogP contribution in [0.1, 0.15) is 15.9 Å². The molecule has 0 aliphatic heterocycles. The molecule has 180 valence electrons. The van der Waals surface area contributed by atoms with Gasteiger partial charge in [-0.15, -0.1) is 0 Å². The van der Waals surface area contributed by atoms with Crippen molar-refractivity contribution in [1.29, 1.82) is 0 Å². The van der Waals surface area contributed by atoms with Crippen LogP contribution in [0.5, 0.6) is 11.5 Å². The van der Waals surface area contributed by atoms with E-state index in [0.29, 0.717) is 10.6 Å². The number of sulfonamides is 1. The van der Waals surface area contributed by atoms with Gasteiger partial charge in [-0.25, -0.2) is 12.8 Å². The zero-order valence-electron chi connectivity index (χ0n) is 18.4. The highest BCUT2D eigenvalue weighted by molar-refractivity contribution is 7.92. The number of halogens is 3. The van der Waals surface area contributed by atoms with Crippen molar-refractivity contribution in [3.8, 4) is 11.5 Å². The molecule has 0 atom stereocenters. The van der Waals surface area contributed by atoms with Crippen LogP contribution >= 0.6 is 23.2 Å². The highest BCUT2D eigenvalue weighted by Gasteiger charge is 2.27. The number of rotatable bonds is 8. The normalized spacial score (nSPS) is 11.1. The van der Waals surface area contributed by atoms with Gasteiger partial charge in [-0.1, -0.05) is 35.3 Å². The van der Waals surface area contributed by atoms with E-state index in [9.17, 15) is 17.6 Å². The molecule has 3 rings (SSSR count). The first-order valence-electron chi connectivity index (χ1n) is 9.78. The summed E-state index contributed by atoms with van der Waals surface area (Å²) in [5.74, 6) is -0.863. The highest BCUT2D eigenvalue weighted by Crippen LogP contribution is 2.37. The van der Waals surface area contributed by atoms with Crippen LogP contribution in [0.15, 0.2) is 54.6 Å². The van der Waals surface area contributed by atoms with E-state index in [1.54, 1.807) is 24.3 Å². The predicted molar refractivity (Wildman–Crippen MR) is 131 cm³/mol. The molecule has 0 radical (unpaired) electrons. The maximum Gasteiger partial charge on any atom is 0.257 e. The van der Waals surface area contributed by atoms with E-state index in [1.807, 2.05) is 0 Å². The SMILES string of the molecule is COc1cc(C(=O)Nc2ccc(F)c(Cl)c2)c(N(Cc2ccc(Cl)cc2)S(C)(=O)=O)cc1OC. The van der Waals surface area contributed by atoms with Gasteiger partial charge in [0.15, 0.2) is 11.5 Å². The van der Waals surface area contributed by atoms with Gasteiger partial charge in [-0.2, -0.15) is 0 Å². The average molecular weight is 527 g/mol. The van der Waals surface area contributed by atoms with Gasteiger partial charge in [0.25, 0.3) is 5.91 Å². The Labute approximate surface area is 207 Å². The van der Waals surface area contributed by atoms with E-state index in [2.05, 4.69) is 5.32 Å². The third-order valence-electron chi connectivity index (χ3n) is 4.83. The third-order valence-corrected chi connectivity index (χ3v) is 6.50. The number of ether oxygens (including phenoxy) is 2. The molecule has 11 heteroatoms. The van der Waals surface area contributed by atoms with Crippen LogP contribution in [-0.4, -0.2) is 34.8 Å². The van der Waals surface area contributed by atoms with E-state index in [0.717, 1.165) is 16.6 Å². The molecule has 7 nitrogen and oxygen atoms in total. The Morgan fingerprint density at radius 3 is 2.18 bits per heavy atom. The number of carbonyl (C=O) groups is 1. The lowest BCUT2D eigenvalue weighted by atomic mass is 10.1. The number of methoxy groups -OCH3 is 2. The van der Waals surface area contributed by atoms with Crippen LogP contribution in [0.2, 0.25) is 10.0 Å². The Morgan fingerprint density at radius 1 is 1.00 bits per heavy atom. The minimum Gasteiger partial charge on any atom is -0.493 e. The number of hydrogen-bond donors (Lipinski definition) is 1. The van der Waals surface area contributed by atoms with Gasteiger partial charge in [-0.05, 0) is 42.0 Å². The fourth-order valence-electron chi connectivity index (χ4n) is 3.17. The van der Waals surface area contributed by atoms with Crippen molar-refractivity contribution in [3.05, 3.63) is 81.6 Å². The fourth-order valence-corrected chi connectivity index (χ4v) is 4.36. The molecule has 0 saturated carbocycles. The van der Waals surface area contributed by atoms with Crippen LogP contribution in [0.4, 0.5) is 15.8 Å². The van der Waals surface area contributed by atoms with Crippen molar-refractivity contribution in [2.75, 3.05) is 30.1 Å². The lowest BCUT2D eigenvalue weighted by molar-refractivity contribution is 0.102. The van der Waals surface area contributed by atoms with E-state index in [1.165, 1.54) is 38.5 Å². The van der Waals surface area contributed by atoms with Crippen molar-refractivity contribution in [1.82, 2.24) is 0 Å². The van der Waals surface area contributed by atoms with Gasteiger partial charge in [0.05, 0.1) is 43.3 Å². The standard InChI is InChI=1S/C23H21Cl2FN2O5S/c1-32-21-11-17(23(29)27-16-8-9-19(26)18(25)10-16)20(12-22(21)33-2)28(34(3,30)31)13-14-4-6-15(24)7-5-14/h4-12H,13H2,1-3H3,(H,27,29). The van der Waals surface area contributed by atoms with E-state index in [4.69, 9.17) is 32.7 Å². The highest BCUT2D eigenvalue weighted by atomic mass is 35.5. The Kier molecular flexibility index (Phi) is 7.91. The van der Waals surface area contributed by atoms with Crippen molar-refractivity contribution in [3.63, 3.8) is 0 Å². The molecule has 0 fully saturated rings. The minimum absolute atomic E-state index is 0.0162. The van der Waals surface area contributed by atoms with Gasteiger partial charge in [0.2, 0.25) is 10.0 Å². The molecule has 0 bridgehead atoms. The first kappa shape index (κ1) is 25.6. The second-order valence-corrected chi connectivity index (χ2v) is 9.95. The van der Waals surface area contributed by atoms with Crippen molar-refractivity contribution < 1.29 is 27.1 Å². The Morgan fingerprint density at radius 2 is 1.62 bits per heavy atom. The summed E-state index contributed by atoms with van der Waals surface area (Å²) in [6.07, 6.45) is 1.03. The second kappa shape index (κ2) is 10.5. The topological polar surface area (TPSA) is 84.9 Å². The molecule has 0 aliphatic carbocycles. The molecule has 34 heavy (non-hydrogen) atoms. The molecular weight excluding hydrogens is 506 g/mol. The summed E-state index contributed by atoms with van der Waals surface area (Å²) < 4.78 is 50.8. The number of nitrogens with zero attached hydrogens (tertiary/aromatic N) is 1. The summed E-state index contributed by atoms with van der Waals surface area (Å²) in [5, 5.41) is 2.93. The van der Waals surface area contributed by atoms with Crippen molar-refractivity contribution in [2.24, 2.45) is 0 Å². The van der Waals surface area contributed by atoms with Crippen LogP contribution in [0, 0.1) is 5.82 Å². The maximum absolute atomic E-state index is 13.5. The molecule has 3 aromatic rings. The third kappa shape index (κ3) is 5.91. The summed E-state index contributed by atoms with van der Waals surface area (Å²) in [7, 11) is -1.07. The fraction of sp³-hybridized carbons (Fsp3) is 0.174. The Bertz CT molecular complexity index is 1320. The number of carbonyl (C=O) groups excluding carboxylic acids is 1. The minimum atomic E-state index is -3.86. The summed E-state index contributed by atoms with van der Waals surface area (Å²) in [5.41, 5.74) is 0.903. The lowest BCUT2D eigenvalue weighted by Gasteiger charge is -2.26. The molecule has 0 aliphatic rings. The number of nitrogens with one attached hydrogen (secondary N) is 1. The number of anilines is 2. The molecule has 0 heterocycles. The van der Waals surface area contributed by atoms with Gasteiger partial charge in [-0.3, -0.25) is 9.10 Å². The first-order chi connectivity index (χ1) is 16.0. The molecule has 0 unspecified atom stereocenters. The summed E-state index contributed by atoms with van der Waals surface area (Å²) in [6, 6.07) is 13.1. The molecule has 1 amide bonds. The van der Waals surface area contributed by atoms with Gasteiger partial charge in [0, 0.05) is 16.8 Å².